The minimum atomic E-state index is -0.697. The van der Waals surface area contributed by atoms with Gasteiger partial charge in [0, 0.05) is 17.7 Å². The highest BCUT2D eigenvalue weighted by Gasteiger charge is 2.24. The van der Waals surface area contributed by atoms with Crippen molar-refractivity contribution in [2.24, 2.45) is 0 Å². The number of aromatic amines is 1. The van der Waals surface area contributed by atoms with Crippen LogP contribution in [0.25, 0.3) is 11.0 Å². The largest absolute Gasteiger partial charge is 0.484 e. The number of aromatic nitrogens is 3. The van der Waals surface area contributed by atoms with Gasteiger partial charge < -0.3 is 10.1 Å². The lowest BCUT2D eigenvalue weighted by Crippen LogP contribution is -2.31. The Bertz CT molecular complexity index is 988. The van der Waals surface area contributed by atoms with Crippen molar-refractivity contribution in [3.05, 3.63) is 53.1 Å². The van der Waals surface area contributed by atoms with Crippen LogP contribution in [0.2, 0.25) is 0 Å². The molecule has 3 rings (SSSR count). The van der Waals surface area contributed by atoms with E-state index in [9.17, 15) is 13.6 Å². The number of rotatable bonds is 5. The van der Waals surface area contributed by atoms with Crippen LogP contribution < -0.4 is 10.1 Å². The van der Waals surface area contributed by atoms with Crippen LogP contribution in [-0.4, -0.2) is 27.9 Å². The monoisotopic (exact) mass is 388 g/mol. The van der Waals surface area contributed by atoms with Crippen molar-refractivity contribution >= 4 is 16.9 Å². The van der Waals surface area contributed by atoms with Gasteiger partial charge in [-0.05, 0) is 30.0 Å². The van der Waals surface area contributed by atoms with Gasteiger partial charge >= 0.3 is 0 Å². The van der Waals surface area contributed by atoms with E-state index >= 15 is 0 Å². The number of carbonyl (C=O) groups excluding carboxylic acids is 1. The molecule has 0 saturated heterocycles. The topological polar surface area (TPSA) is 79.9 Å². The summed E-state index contributed by atoms with van der Waals surface area (Å²) in [6.07, 6.45) is 0. The standard InChI is InChI=1S/C20H22F2N4O2/c1-11(12-5-6-16-17(7-12)25-26-24-16)23-18(27)10-28-13-8-14(21)19(15(22)9-13)20(2,3)4/h5-9,11H,10H2,1-4H3,(H,23,27)(H,24,25,26). The van der Waals surface area contributed by atoms with Gasteiger partial charge in [-0.25, -0.2) is 8.78 Å². The first-order chi connectivity index (χ1) is 13.1. The zero-order chi connectivity index (χ0) is 20.5. The first-order valence-electron chi connectivity index (χ1n) is 8.87. The highest BCUT2D eigenvalue weighted by atomic mass is 19.1. The Balaban J connectivity index is 1.62. The Kier molecular flexibility index (Phi) is 5.31. The summed E-state index contributed by atoms with van der Waals surface area (Å²) in [7, 11) is 0. The molecular weight excluding hydrogens is 366 g/mol. The Labute approximate surface area is 161 Å². The van der Waals surface area contributed by atoms with Crippen molar-refractivity contribution in [1.29, 1.82) is 0 Å². The number of nitrogens with one attached hydrogen (secondary N) is 2. The lowest BCUT2D eigenvalue weighted by molar-refractivity contribution is -0.123. The number of amides is 1. The predicted molar refractivity (Wildman–Crippen MR) is 101 cm³/mol. The molecule has 8 heteroatoms. The molecular formula is C20H22F2N4O2. The van der Waals surface area contributed by atoms with Crippen molar-refractivity contribution < 1.29 is 18.3 Å². The fourth-order valence-electron chi connectivity index (χ4n) is 2.99. The molecule has 6 nitrogen and oxygen atoms in total. The fourth-order valence-corrected chi connectivity index (χ4v) is 2.99. The van der Waals surface area contributed by atoms with Crippen molar-refractivity contribution in [3.8, 4) is 5.75 Å². The number of carbonyl (C=O) groups is 1. The van der Waals surface area contributed by atoms with E-state index in [1.165, 1.54) is 0 Å². The van der Waals surface area contributed by atoms with E-state index in [1.54, 1.807) is 26.8 Å². The van der Waals surface area contributed by atoms with E-state index in [2.05, 4.69) is 20.7 Å². The third-order valence-electron chi connectivity index (χ3n) is 4.35. The van der Waals surface area contributed by atoms with Crippen LogP contribution in [0.1, 0.15) is 44.9 Å². The molecule has 28 heavy (non-hydrogen) atoms. The second kappa shape index (κ2) is 7.53. The van der Waals surface area contributed by atoms with Gasteiger partial charge in [0.1, 0.15) is 28.4 Å². The highest BCUT2D eigenvalue weighted by molar-refractivity contribution is 5.78. The van der Waals surface area contributed by atoms with E-state index in [1.807, 2.05) is 19.1 Å². The van der Waals surface area contributed by atoms with Crippen molar-refractivity contribution in [1.82, 2.24) is 20.7 Å². The minimum absolute atomic E-state index is 0.0128. The molecule has 0 radical (unpaired) electrons. The smallest absolute Gasteiger partial charge is 0.258 e. The molecule has 2 N–H and O–H groups in total. The van der Waals surface area contributed by atoms with Gasteiger partial charge in [-0.1, -0.05) is 26.8 Å². The van der Waals surface area contributed by atoms with Gasteiger partial charge in [0.05, 0.1) is 6.04 Å². The first kappa shape index (κ1) is 19.7. The van der Waals surface area contributed by atoms with Gasteiger partial charge in [0.15, 0.2) is 6.61 Å². The summed E-state index contributed by atoms with van der Waals surface area (Å²) in [5.41, 5.74) is 1.58. The molecule has 0 spiro atoms. The van der Waals surface area contributed by atoms with Crippen LogP contribution in [0, 0.1) is 11.6 Å². The number of fused-ring (bicyclic) bond motifs is 1. The maximum Gasteiger partial charge on any atom is 0.258 e. The summed E-state index contributed by atoms with van der Waals surface area (Å²) in [6.45, 7) is 6.63. The molecule has 0 aliphatic heterocycles. The number of benzene rings is 2. The minimum Gasteiger partial charge on any atom is -0.484 e. The maximum atomic E-state index is 14.2. The van der Waals surface area contributed by atoms with Crippen molar-refractivity contribution in [2.75, 3.05) is 6.61 Å². The normalized spacial score (nSPS) is 12.8. The molecule has 0 aliphatic carbocycles. The van der Waals surface area contributed by atoms with Gasteiger partial charge in [0.2, 0.25) is 0 Å². The summed E-state index contributed by atoms with van der Waals surface area (Å²) < 4.78 is 33.7. The average molecular weight is 388 g/mol. The van der Waals surface area contributed by atoms with E-state index < -0.39 is 23.0 Å². The summed E-state index contributed by atoms with van der Waals surface area (Å²) in [6, 6.07) is 7.36. The molecule has 0 saturated carbocycles. The van der Waals surface area contributed by atoms with Gasteiger partial charge in [-0.15, -0.1) is 0 Å². The van der Waals surface area contributed by atoms with E-state index in [4.69, 9.17) is 4.74 Å². The van der Waals surface area contributed by atoms with Crippen LogP contribution in [-0.2, 0) is 10.2 Å². The SMILES string of the molecule is CC(NC(=O)COc1cc(F)c(C(C)(C)C)c(F)c1)c1ccc2n[nH]nc2c1. The molecule has 1 atom stereocenters. The molecule has 0 aliphatic rings. The molecule has 1 amide bonds. The highest BCUT2D eigenvalue weighted by Crippen LogP contribution is 2.30. The molecule has 1 heterocycles. The number of ether oxygens (including phenoxy) is 1. The van der Waals surface area contributed by atoms with Gasteiger partial charge in [-0.3, -0.25) is 4.79 Å². The maximum absolute atomic E-state index is 14.2. The predicted octanol–water partition coefficient (Wildman–Crippen LogP) is 3.79. The van der Waals surface area contributed by atoms with Crippen LogP contribution in [0.3, 0.4) is 0 Å². The molecule has 148 valence electrons. The zero-order valence-corrected chi connectivity index (χ0v) is 16.1. The second-order valence-electron chi connectivity index (χ2n) is 7.66. The second-order valence-corrected chi connectivity index (χ2v) is 7.66. The van der Waals surface area contributed by atoms with Crippen molar-refractivity contribution in [2.45, 2.75) is 39.2 Å². The van der Waals surface area contributed by atoms with Gasteiger partial charge in [-0.2, -0.15) is 15.4 Å². The van der Waals surface area contributed by atoms with Gasteiger partial charge in [0.25, 0.3) is 5.91 Å². The van der Waals surface area contributed by atoms with Crippen LogP contribution in [0.5, 0.6) is 5.75 Å². The lowest BCUT2D eigenvalue weighted by atomic mass is 9.86. The number of halogens is 2. The zero-order valence-electron chi connectivity index (χ0n) is 16.1. The Hall–Kier alpha value is -3.03. The molecule has 0 fully saturated rings. The van der Waals surface area contributed by atoms with E-state index in [0.29, 0.717) is 5.52 Å². The molecule has 3 aromatic rings. The Morgan fingerprint density at radius 1 is 1.14 bits per heavy atom. The van der Waals surface area contributed by atoms with Crippen LogP contribution in [0.4, 0.5) is 8.78 Å². The number of H-pyrrole nitrogens is 1. The summed E-state index contributed by atoms with van der Waals surface area (Å²) in [5.74, 6) is -1.84. The Morgan fingerprint density at radius 2 is 1.79 bits per heavy atom. The molecule has 0 bridgehead atoms. The lowest BCUT2D eigenvalue weighted by Gasteiger charge is -2.21. The molecule has 1 unspecified atom stereocenters. The van der Waals surface area contributed by atoms with Crippen molar-refractivity contribution in [3.63, 3.8) is 0 Å². The molecule has 1 aromatic heterocycles. The van der Waals surface area contributed by atoms with E-state index in [-0.39, 0.29) is 24.0 Å². The fraction of sp³-hybridized carbons (Fsp3) is 0.350. The Morgan fingerprint density at radius 3 is 2.43 bits per heavy atom. The average Bonchev–Trinajstić information content (AvgIpc) is 3.05. The van der Waals surface area contributed by atoms with E-state index in [0.717, 1.165) is 23.2 Å². The quantitative estimate of drug-likeness (QED) is 0.697. The summed E-state index contributed by atoms with van der Waals surface area (Å²) >= 11 is 0. The third-order valence-corrected chi connectivity index (χ3v) is 4.35. The summed E-state index contributed by atoms with van der Waals surface area (Å²) in [4.78, 5) is 12.2. The number of nitrogens with zero attached hydrogens (tertiary/aromatic N) is 2. The number of hydrogen-bond acceptors (Lipinski definition) is 4. The van der Waals surface area contributed by atoms with Crippen LogP contribution >= 0.6 is 0 Å². The third kappa shape index (κ3) is 4.27. The molecule has 2 aromatic carbocycles. The summed E-state index contributed by atoms with van der Waals surface area (Å²) in [5, 5.41) is 13.3. The first-order valence-corrected chi connectivity index (χ1v) is 8.87. The number of hydrogen-bond donors (Lipinski definition) is 2. The van der Waals surface area contributed by atoms with Crippen LogP contribution in [0.15, 0.2) is 30.3 Å².